The summed E-state index contributed by atoms with van der Waals surface area (Å²) in [6, 6.07) is 6.53. The van der Waals surface area contributed by atoms with Crippen molar-refractivity contribution in [1.29, 1.82) is 0 Å². The molecular formula is C20H25FN6O2. The van der Waals surface area contributed by atoms with Crippen LogP contribution in [0.2, 0.25) is 0 Å². The number of nitrogens with one attached hydrogen (secondary N) is 1. The van der Waals surface area contributed by atoms with Gasteiger partial charge < -0.3 is 24.8 Å². The van der Waals surface area contributed by atoms with E-state index < -0.39 is 0 Å². The van der Waals surface area contributed by atoms with Gasteiger partial charge in [0.15, 0.2) is 5.82 Å². The lowest BCUT2D eigenvalue weighted by Gasteiger charge is -2.35. The second kappa shape index (κ2) is 8.60. The molecule has 4 rings (SSSR count). The molecule has 0 atom stereocenters. The van der Waals surface area contributed by atoms with Crippen molar-refractivity contribution in [2.75, 3.05) is 67.6 Å². The molecule has 2 aliphatic rings. The number of benzene rings is 1. The molecule has 154 valence electrons. The largest absolute Gasteiger partial charge is 0.378 e. The van der Waals surface area contributed by atoms with E-state index >= 15 is 0 Å². The summed E-state index contributed by atoms with van der Waals surface area (Å²) >= 11 is 0. The Kier molecular flexibility index (Phi) is 5.75. The van der Waals surface area contributed by atoms with Gasteiger partial charge in [0.2, 0.25) is 0 Å². The van der Waals surface area contributed by atoms with E-state index in [1.165, 1.54) is 6.07 Å². The van der Waals surface area contributed by atoms with Gasteiger partial charge in [0.1, 0.15) is 5.82 Å². The van der Waals surface area contributed by atoms with Gasteiger partial charge in [-0.3, -0.25) is 0 Å². The Morgan fingerprint density at radius 3 is 2.55 bits per heavy atom. The first-order valence-electron chi connectivity index (χ1n) is 9.82. The highest BCUT2D eigenvalue weighted by Crippen LogP contribution is 2.21. The Hall–Kier alpha value is -2.94. The minimum Gasteiger partial charge on any atom is -0.378 e. The van der Waals surface area contributed by atoms with E-state index in [0.29, 0.717) is 37.4 Å². The molecule has 8 nitrogen and oxygen atoms in total. The van der Waals surface area contributed by atoms with Crippen LogP contribution in [-0.2, 0) is 4.74 Å². The van der Waals surface area contributed by atoms with Gasteiger partial charge in [-0.1, -0.05) is 6.07 Å². The first-order chi connectivity index (χ1) is 14.1. The average Bonchev–Trinajstić information content (AvgIpc) is 2.77. The molecule has 0 radical (unpaired) electrons. The number of amides is 2. The number of carbonyl (C=O) groups is 1. The highest BCUT2D eigenvalue weighted by molar-refractivity contribution is 5.89. The number of nitrogens with zero attached hydrogens (tertiary/aromatic N) is 5. The number of anilines is 3. The molecular weight excluding hydrogens is 375 g/mol. The van der Waals surface area contributed by atoms with E-state index in [2.05, 4.69) is 25.3 Å². The maximum atomic E-state index is 13.7. The molecule has 2 fully saturated rings. The van der Waals surface area contributed by atoms with Crippen LogP contribution in [-0.4, -0.2) is 73.6 Å². The lowest BCUT2D eigenvalue weighted by atomic mass is 10.2. The summed E-state index contributed by atoms with van der Waals surface area (Å²) in [5, 5.41) is 11.2. The van der Waals surface area contributed by atoms with Crippen LogP contribution in [0.3, 0.4) is 0 Å². The molecule has 29 heavy (non-hydrogen) atoms. The first kappa shape index (κ1) is 19.4. The van der Waals surface area contributed by atoms with Crippen LogP contribution in [0.5, 0.6) is 0 Å². The molecule has 0 spiro atoms. The summed E-state index contributed by atoms with van der Waals surface area (Å²) in [6.45, 7) is 7.27. The molecule has 3 heterocycles. The predicted octanol–water partition coefficient (Wildman–Crippen LogP) is 2.11. The summed E-state index contributed by atoms with van der Waals surface area (Å²) in [5.74, 6) is 0.487. The van der Waals surface area contributed by atoms with Gasteiger partial charge in [-0.15, -0.1) is 5.10 Å². The summed E-state index contributed by atoms with van der Waals surface area (Å²) < 4.78 is 19.1. The number of carbonyl (C=O) groups excluding carboxylic acids is 1. The van der Waals surface area contributed by atoms with Crippen molar-refractivity contribution in [3.63, 3.8) is 0 Å². The van der Waals surface area contributed by atoms with E-state index in [4.69, 9.17) is 4.74 Å². The number of urea groups is 1. The Balaban J connectivity index is 1.34. The highest BCUT2D eigenvalue weighted by Gasteiger charge is 2.23. The molecule has 0 aliphatic carbocycles. The van der Waals surface area contributed by atoms with Gasteiger partial charge in [0, 0.05) is 51.0 Å². The van der Waals surface area contributed by atoms with E-state index in [0.717, 1.165) is 37.8 Å². The second-order valence-electron chi connectivity index (χ2n) is 7.24. The van der Waals surface area contributed by atoms with Crippen molar-refractivity contribution in [2.24, 2.45) is 0 Å². The third kappa shape index (κ3) is 4.56. The Morgan fingerprint density at radius 1 is 1.07 bits per heavy atom. The molecule has 1 N–H and O–H groups in total. The summed E-state index contributed by atoms with van der Waals surface area (Å²) in [7, 11) is 0. The number of aromatic nitrogens is 2. The Labute approximate surface area is 169 Å². The van der Waals surface area contributed by atoms with E-state index in [1.807, 2.05) is 6.07 Å². The lowest BCUT2D eigenvalue weighted by molar-refractivity contribution is 0.122. The first-order valence-corrected chi connectivity index (χ1v) is 9.82. The van der Waals surface area contributed by atoms with E-state index in [-0.39, 0.29) is 11.8 Å². The number of halogens is 1. The third-order valence-corrected chi connectivity index (χ3v) is 5.32. The maximum absolute atomic E-state index is 13.7. The van der Waals surface area contributed by atoms with E-state index in [9.17, 15) is 9.18 Å². The van der Waals surface area contributed by atoms with Crippen LogP contribution >= 0.6 is 0 Å². The van der Waals surface area contributed by atoms with E-state index in [1.54, 1.807) is 30.2 Å². The van der Waals surface area contributed by atoms with Crippen LogP contribution in [0.1, 0.15) is 5.56 Å². The molecule has 2 amide bonds. The van der Waals surface area contributed by atoms with Crippen molar-refractivity contribution >= 4 is 23.2 Å². The van der Waals surface area contributed by atoms with Crippen LogP contribution in [0, 0.1) is 12.7 Å². The summed E-state index contributed by atoms with van der Waals surface area (Å²) in [4.78, 5) is 18.6. The SMILES string of the molecule is Cc1ccc(NC(=O)N2CCN(c3cc(N4CCOCC4)cnn3)CC2)cc1F. The maximum Gasteiger partial charge on any atom is 0.321 e. The second-order valence-corrected chi connectivity index (χ2v) is 7.24. The third-order valence-electron chi connectivity index (χ3n) is 5.32. The molecule has 0 unspecified atom stereocenters. The van der Waals surface area contributed by atoms with Crippen molar-refractivity contribution in [3.05, 3.63) is 41.8 Å². The van der Waals surface area contributed by atoms with Gasteiger partial charge in [-0.2, -0.15) is 5.10 Å². The van der Waals surface area contributed by atoms with Gasteiger partial charge in [-0.05, 0) is 24.6 Å². The zero-order chi connectivity index (χ0) is 20.2. The average molecular weight is 400 g/mol. The normalized spacial score (nSPS) is 17.4. The number of piperazine rings is 1. The fourth-order valence-corrected chi connectivity index (χ4v) is 3.51. The summed E-state index contributed by atoms with van der Waals surface area (Å²) in [5.41, 5.74) is 2.06. The standard InChI is InChI=1S/C20H25FN6O2/c1-15-2-3-16(12-18(15)21)23-20(28)27-6-4-26(5-7-27)19-13-17(14-22-24-19)25-8-10-29-11-9-25/h2-3,12-14H,4-11H2,1H3,(H,23,28). The molecule has 0 saturated carbocycles. The number of ether oxygens (including phenoxy) is 1. The monoisotopic (exact) mass is 400 g/mol. The Morgan fingerprint density at radius 2 is 1.83 bits per heavy atom. The fraction of sp³-hybridized carbons (Fsp3) is 0.450. The quantitative estimate of drug-likeness (QED) is 0.851. The molecule has 2 aromatic rings. The summed E-state index contributed by atoms with van der Waals surface area (Å²) in [6.07, 6.45) is 1.78. The van der Waals surface area contributed by atoms with Crippen LogP contribution in [0.25, 0.3) is 0 Å². The molecule has 0 bridgehead atoms. The van der Waals surface area contributed by atoms with Crippen LogP contribution in [0.4, 0.5) is 26.4 Å². The highest BCUT2D eigenvalue weighted by atomic mass is 19.1. The van der Waals surface area contributed by atoms with Crippen molar-refractivity contribution in [2.45, 2.75) is 6.92 Å². The predicted molar refractivity (Wildman–Crippen MR) is 109 cm³/mol. The molecule has 2 aliphatic heterocycles. The van der Waals surface area contributed by atoms with Crippen LogP contribution in [0.15, 0.2) is 30.5 Å². The van der Waals surface area contributed by atoms with Gasteiger partial charge in [0.25, 0.3) is 0 Å². The van der Waals surface area contributed by atoms with Crippen molar-refractivity contribution in [1.82, 2.24) is 15.1 Å². The van der Waals surface area contributed by atoms with Gasteiger partial charge >= 0.3 is 6.03 Å². The molecule has 1 aromatic carbocycles. The smallest absolute Gasteiger partial charge is 0.321 e. The zero-order valence-corrected chi connectivity index (χ0v) is 16.5. The zero-order valence-electron chi connectivity index (χ0n) is 16.5. The van der Waals surface area contributed by atoms with Gasteiger partial charge in [-0.25, -0.2) is 9.18 Å². The van der Waals surface area contributed by atoms with Crippen molar-refractivity contribution < 1.29 is 13.9 Å². The molecule has 1 aromatic heterocycles. The van der Waals surface area contributed by atoms with Crippen molar-refractivity contribution in [3.8, 4) is 0 Å². The minimum absolute atomic E-state index is 0.221. The number of hydrogen-bond donors (Lipinski definition) is 1. The van der Waals surface area contributed by atoms with Crippen LogP contribution < -0.4 is 15.1 Å². The number of rotatable bonds is 3. The number of hydrogen-bond acceptors (Lipinski definition) is 6. The Bertz CT molecular complexity index is 866. The molecule has 9 heteroatoms. The van der Waals surface area contributed by atoms with Gasteiger partial charge in [0.05, 0.1) is 25.1 Å². The lowest BCUT2D eigenvalue weighted by Crippen LogP contribution is -2.50. The number of morpholine rings is 1. The molecule has 2 saturated heterocycles. The minimum atomic E-state index is -0.327. The number of aryl methyl sites for hydroxylation is 1. The topological polar surface area (TPSA) is 73.8 Å². The fourth-order valence-electron chi connectivity index (χ4n) is 3.51.